The lowest BCUT2D eigenvalue weighted by atomic mass is 9.92. The number of rotatable bonds is 18. The Balaban J connectivity index is 1.03. The first-order chi connectivity index (χ1) is 23.4. The van der Waals surface area contributed by atoms with Crippen LogP contribution in [0.15, 0.2) is 66.7 Å². The summed E-state index contributed by atoms with van der Waals surface area (Å²) in [5.41, 5.74) is 6.65. The first-order valence-corrected chi connectivity index (χ1v) is 17.1. The third kappa shape index (κ3) is 9.42. The van der Waals surface area contributed by atoms with E-state index in [2.05, 4.69) is 33.7 Å². The predicted octanol–water partition coefficient (Wildman–Crippen LogP) is 8.18. The predicted molar refractivity (Wildman–Crippen MR) is 186 cm³/mol. The molecule has 1 unspecified atom stereocenters. The summed E-state index contributed by atoms with van der Waals surface area (Å²) in [4.78, 5) is 32.3. The van der Waals surface area contributed by atoms with Crippen LogP contribution < -0.4 is 15.4 Å². The second-order valence-electron chi connectivity index (χ2n) is 12.4. The minimum absolute atomic E-state index is 0.115. The van der Waals surface area contributed by atoms with Gasteiger partial charge < -0.3 is 20.2 Å². The number of hydrogen-bond donors (Lipinski definition) is 2. The van der Waals surface area contributed by atoms with E-state index in [0.29, 0.717) is 36.4 Å². The summed E-state index contributed by atoms with van der Waals surface area (Å²) >= 11 is 0. The maximum absolute atomic E-state index is 15.2. The van der Waals surface area contributed by atoms with Gasteiger partial charge in [0.2, 0.25) is 5.91 Å². The van der Waals surface area contributed by atoms with Crippen LogP contribution in [-0.4, -0.2) is 42.3 Å². The summed E-state index contributed by atoms with van der Waals surface area (Å²) in [6.45, 7) is 3.82. The molecule has 1 aliphatic rings. The summed E-state index contributed by atoms with van der Waals surface area (Å²) in [6.07, 6.45) is 9.40. The number of benzene rings is 3. The van der Waals surface area contributed by atoms with Crippen molar-refractivity contribution in [2.75, 3.05) is 31.6 Å². The highest BCUT2D eigenvalue weighted by Gasteiger charge is 2.19. The fraction of sp³-hybridized carbons (Fsp3) is 0.421. The molecule has 254 valence electrons. The fourth-order valence-corrected chi connectivity index (χ4v) is 6.21. The van der Waals surface area contributed by atoms with Crippen LogP contribution in [0.1, 0.15) is 81.0 Å². The Morgan fingerprint density at radius 1 is 0.938 bits per heavy atom. The number of amides is 1. The number of carbonyl (C=O) groups excluding carboxylic acids is 1. The molecule has 48 heavy (non-hydrogen) atoms. The molecule has 5 rings (SSSR count). The smallest absolute Gasteiger partial charge is 0.294 e. The van der Waals surface area contributed by atoms with Crippen molar-refractivity contribution in [2.24, 2.45) is 0 Å². The molecule has 2 N–H and O–H groups in total. The van der Waals surface area contributed by atoms with E-state index in [9.17, 15) is 14.9 Å². The Hall–Kier alpha value is -4.73. The lowest BCUT2D eigenvalue weighted by Crippen LogP contribution is -2.29. The molecule has 9 nitrogen and oxygen atoms in total. The Kier molecular flexibility index (Phi) is 12.6. The summed E-state index contributed by atoms with van der Waals surface area (Å²) < 4.78 is 21.0. The number of para-hydroxylation sites is 1. The largest absolute Gasteiger partial charge is 0.494 e. The first-order valence-electron chi connectivity index (χ1n) is 17.1. The average molecular weight is 657 g/mol. The molecule has 0 saturated heterocycles. The lowest BCUT2D eigenvalue weighted by Gasteiger charge is -2.21. The van der Waals surface area contributed by atoms with Crippen LogP contribution >= 0.6 is 0 Å². The summed E-state index contributed by atoms with van der Waals surface area (Å²) in [5.74, 6) is -0.273. The van der Waals surface area contributed by atoms with Gasteiger partial charge in [0.1, 0.15) is 11.6 Å². The molecular formula is C38H45FN4O5. The molecule has 0 aliphatic heterocycles. The second-order valence-corrected chi connectivity index (χ2v) is 12.4. The summed E-state index contributed by atoms with van der Waals surface area (Å²) in [7, 11) is 0. The number of aromatic nitrogens is 1. The molecule has 0 spiro atoms. The number of pyridine rings is 1. The van der Waals surface area contributed by atoms with Crippen molar-refractivity contribution in [3.05, 3.63) is 99.5 Å². The maximum Gasteiger partial charge on any atom is 0.294 e. The summed E-state index contributed by atoms with van der Waals surface area (Å²) in [6, 6.07) is 20.6. The molecule has 0 fully saturated rings. The standard InChI is InChI=1S/C38H45FN4O5/c1-27(38(44)41-23-9-8-22-40-37-32-12-4-6-14-35(32)42-36-15-7-5-13-33(36)37)29-18-21-31(34(39)26-29)28-16-19-30(20-17-28)47-24-10-2-3-11-25-48-43(45)46/h4,6,12,14,16-21,26-27H,2-3,5,7-11,13,15,22-25H2,1H3,(H,40,42)(H,41,44). The SMILES string of the molecule is CC(C(=O)NCCCCNc1c2c(nc3ccccc13)CCCC2)c1ccc(-c2ccc(OCCCCCCO[N+](=O)[O-])cc2)c(F)c1. The summed E-state index contributed by atoms with van der Waals surface area (Å²) in [5, 5.41) is 17.3. The van der Waals surface area contributed by atoms with E-state index in [4.69, 9.17) is 9.72 Å². The zero-order valence-electron chi connectivity index (χ0n) is 27.6. The second kappa shape index (κ2) is 17.4. The van der Waals surface area contributed by atoms with Crippen LogP contribution in [0.25, 0.3) is 22.0 Å². The number of hydrogen-bond acceptors (Lipinski definition) is 7. The van der Waals surface area contributed by atoms with Crippen molar-refractivity contribution in [1.82, 2.24) is 10.3 Å². The third-order valence-electron chi connectivity index (χ3n) is 8.93. The highest BCUT2D eigenvalue weighted by Crippen LogP contribution is 2.33. The van der Waals surface area contributed by atoms with Gasteiger partial charge in [-0.2, -0.15) is 0 Å². The lowest BCUT2D eigenvalue weighted by molar-refractivity contribution is -0.757. The van der Waals surface area contributed by atoms with Crippen molar-refractivity contribution >= 4 is 22.5 Å². The Morgan fingerprint density at radius 2 is 1.69 bits per heavy atom. The number of halogens is 1. The van der Waals surface area contributed by atoms with Gasteiger partial charge in [0.05, 0.1) is 24.6 Å². The minimum atomic E-state index is -0.773. The molecule has 1 atom stereocenters. The molecule has 0 bridgehead atoms. The quantitative estimate of drug-likeness (QED) is 0.0630. The van der Waals surface area contributed by atoms with Crippen LogP contribution in [-0.2, 0) is 22.5 Å². The number of nitrogens with one attached hydrogen (secondary N) is 2. The average Bonchev–Trinajstić information content (AvgIpc) is 3.10. The van der Waals surface area contributed by atoms with Crippen molar-refractivity contribution in [2.45, 2.75) is 77.0 Å². The molecule has 1 amide bonds. The molecular weight excluding hydrogens is 611 g/mol. The zero-order valence-corrected chi connectivity index (χ0v) is 27.6. The van der Waals surface area contributed by atoms with Crippen molar-refractivity contribution in [3.8, 4) is 16.9 Å². The normalized spacial score (nSPS) is 13.0. The van der Waals surface area contributed by atoms with E-state index in [-0.39, 0.29) is 18.3 Å². The van der Waals surface area contributed by atoms with E-state index < -0.39 is 11.0 Å². The number of unbranched alkanes of at least 4 members (excludes halogenated alkanes) is 4. The van der Waals surface area contributed by atoms with Crippen LogP contribution in [0.5, 0.6) is 5.75 Å². The molecule has 0 radical (unpaired) electrons. The van der Waals surface area contributed by atoms with Gasteiger partial charge in [0, 0.05) is 35.4 Å². The molecule has 10 heteroatoms. The number of anilines is 1. The molecule has 1 aromatic heterocycles. The number of carbonyl (C=O) groups is 1. The number of fused-ring (bicyclic) bond motifs is 2. The van der Waals surface area contributed by atoms with Gasteiger partial charge in [-0.05, 0) is 99.2 Å². The third-order valence-corrected chi connectivity index (χ3v) is 8.93. The Bertz CT molecular complexity index is 1680. The van der Waals surface area contributed by atoms with E-state index in [0.717, 1.165) is 62.6 Å². The highest BCUT2D eigenvalue weighted by atomic mass is 19.1. The van der Waals surface area contributed by atoms with Crippen LogP contribution in [0, 0.1) is 15.9 Å². The van der Waals surface area contributed by atoms with Crippen molar-refractivity contribution in [1.29, 1.82) is 0 Å². The Morgan fingerprint density at radius 3 is 2.48 bits per heavy atom. The highest BCUT2D eigenvalue weighted by molar-refractivity contribution is 5.93. The van der Waals surface area contributed by atoms with E-state index in [1.165, 1.54) is 41.2 Å². The molecule has 4 aromatic rings. The van der Waals surface area contributed by atoms with Crippen LogP contribution in [0.4, 0.5) is 10.1 Å². The van der Waals surface area contributed by atoms with Gasteiger partial charge in [-0.1, -0.05) is 55.3 Å². The maximum atomic E-state index is 15.2. The van der Waals surface area contributed by atoms with Gasteiger partial charge in [0.15, 0.2) is 0 Å². The molecule has 0 saturated carbocycles. The zero-order chi connectivity index (χ0) is 33.7. The van der Waals surface area contributed by atoms with Crippen LogP contribution in [0.2, 0.25) is 0 Å². The van der Waals surface area contributed by atoms with Gasteiger partial charge in [-0.25, -0.2) is 4.39 Å². The number of aryl methyl sites for hydroxylation is 1. The van der Waals surface area contributed by atoms with Crippen molar-refractivity contribution in [3.63, 3.8) is 0 Å². The molecule has 1 aliphatic carbocycles. The van der Waals surface area contributed by atoms with Gasteiger partial charge in [0.25, 0.3) is 5.09 Å². The van der Waals surface area contributed by atoms with E-state index in [1.54, 1.807) is 13.0 Å². The number of ether oxygens (including phenoxy) is 1. The topological polar surface area (TPSA) is 116 Å². The molecule has 3 aromatic carbocycles. The Labute approximate surface area is 281 Å². The van der Waals surface area contributed by atoms with E-state index in [1.807, 2.05) is 36.4 Å². The van der Waals surface area contributed by atoms with Gasteiger partial charge >= 0.3 is 0 Å². The van der Waals surface area contributed by atoms with Gasteiger partial charge in [-0.3, -0.25) is 9.78 Å². The fourth-order valence-electron chi connectivity index (χ4n) is 6.21. The molecule has 1 heterocycles. The van der Waals surface area contributed by atoms with Gasteiger partial charge in [-0.15, -0.1) is 10.1 Å². The van der Waals surface area contributed by atoms with Crippen molar-refractivity contribution < 1.29 is 23.8 Å². The first kappa shape index (κ1) is 34.6. The minimum Gasteiger partial charge on any atom is -0.494 e. The van der Waals surface area contributed by atoms with E-state index >= 15 is 4.39 Å². The monoisotopic (exact) mass is 656 g/mol. The van der Waals surface area contributed by atoms with Crippen LogP contribution in [0.3, 0.4) is 0 Å². The number of nitrogens with zero attached hydrogens (tertiary/aromatic N) is 2.